The molecule has 0 bridgehead atoms. The van der Waals surface area contributed by atoms with Crippen molar-refractivity contribution < 1.29 is 4.84 Å². The van der Waals surface area contributed by atoms with E-state index < -0.39 is 0 Å². The summed E-state index contributed by atoms with van der Waals surface area (Å²) in [7, 11) is 0. The molecule has 0 saturated carbocycles. The summed E-state index contributed by atoms with van der Waals surface area (Å²) < 4.78 is 0. The Hall–Kier alpha value is -0.120. The molecule has 2 aliphatic rings. The third-order valence-corrected chi connectivity index (χ3v) is 2.02. The van der Waals surface area contributed by atoms with Crippen molar-refractivity contribution in [3.63, 3.8) is 0 Å². The lowest BCUT2D eigenvalue weighted by molar-refractivity contribution is -0.124. The van der Waals surface area contributed by atoms with Crippen LogP contribution in [-0.2, 0) is 4.84 Å². The standard InChI is InChI=1S/C6H12N2O/c1-2-6-8(4-1)5-3-7-9-6/h6-7H,1-5H2. The summed E-state index contributed by atoms with van der Waals surface area (Å²) in [5.74, 6) is 0. The van der Waals surface area contributed by atoms with Gasteiger partial charge >= 0.3 is 0 Å². The molecule has 2 rings (SSSR count). The van der Waals surface area contributed by atoms with Crippen LogP contribution in [0.4, 0.5) is 0 Å². The Balaban J connectivity index is 1.97. The van der Waals surface area contributed by atoms with E-state index in [2.05, 4.69) is 10.4 Å². The molecule has 2 heterocycles. The third-order valence-electron chi connectivity index (χ3n) is 2.02. The highest BCUT2D eigenvalue weighted by molar-refractivity contribution is 4.74. The van der Waals surface area contributed by atoms with Crippen LogP contribution < -0.4 is 5.48 Å². The van der Waals surface area contributed by atoms with E-state index in [1.54, 1.807) is 0 Å². The Kier molecular flexibility index (Phi) is 1.41. The van der Waals surface area contributed by atoms with Crippen molar-refractivity contribution in [2.24, 2.45) is 0 Å². The second-order valence-corrected chi connectivity index (χ2v) is 2.65. The van der Waals surface area contributed by atoms with Gasteiger partial charge in [0.25, 0.3) is 0 Å². The van der Waals surface area contributed by atoms with Crippen LogP contribution in [0.2, 0.25) is 0 Å². The van der Waals surface area contributed by atoms with Gasteiger partial charge in [-0.25, -0.2) is 0 Å². The molecule has 2 aliphatic heterocycles. The van der Waals surface area contributed by atoms with Crippen molar-refractivity contribution in [2.75, 3.05) is 19.6 Å². The summed E-state index contributed by atoms with van der Waals surface area (Å²) in [5, 5.41) is 0. The Morgan fingerprint density at radius 1 is 1.44 bits per heavy atom. The quantitative estimate of drug-likeness (QED) is 0.494. The Morgan fingerprint density at radius 3 is 3.33 bits per heavy atom. The first-order valence-corrected chi connectivity index (χ1v) is 3.59. The molecule has 0 spiro atoms. The van der Waals surface area contributed by atoms with Gasteiger partial charge in [0.1, 0.15) is 6.23 Å². The molecule has 0 aromatic carbocycles. The van der Waals surface area contributed by atoms with Gasteiger partial charge in [-0.05, 0) is 12.8 Å². The van der Waals surface area contributed by atoms with Crippen LogP contribution in [0.5, 0.6) is 0 Å². The van der Waals surface area contributed by atoms with Crippen molar-refractivity contribution >= 4 is 0 Å². The van der Waals surface area contributed by atoms with E-state index in [4.69, 9.17) is 4.84 Å². The maximum atomic E-state index is 5.28. The molecule has 1 atom stereocenters. The van der Waals surface area contributed by atoms with Crippen LogP contribution >= 0.6 is 0 Å². The van der Waals surface area contributed by atoms with E-state index in [-0.39, 0.29) is 0 Å². The fraction of sp³-hybridized carbons (Fsp3) is 1.00. The molecule has 0 aromatic heterocycles. The molecule has 9 heavy (non-hydrogen) atoms. The highest BCUT2D eigenvalue weighted by Crippen LogP contribution is 2.18. The van der Waals surface area contributed by atoms with Gasteiger partial charge in [0.05, 0.1) is 0 Å². The predicted molar refractivity (Wildman–Crippen MR) is 33.7 cm³/mol. The first-order valence-electron chi connectivity index (χ1n) is 3.59. The number of nitrogens with zero attached hydrogens (tertiary/aromatic N) is 1. The van der Waals surface area contributed by atoms with Crippen LogP contribution in [-0.4, -0.2) is 30.8 Å². The molecule has 52 valence electrons. The molecule has 3 heteroatoms. The monoisotopic (exact) mass is 128 g/mol. The zero-order valence-electron chi connectivity index (χ0n) is 5.47. The van der Waals surface area contributed by atoms with Gasteiger partial charge in [-0.1, -0.05) is 0 Å². The second kappa shape index (κ2) is 2.25. The molecule has 2 fully saturated rings. The smallest absolute Gasteiger partial charge is 0.132 e. The van der Waals surface area contributed by atoms with Crippen molar-refractivity contribution in [1.29, 1.82) is 0 Å². The van der Waals surface area contributed by atoms with Crippen molar-refractivity contribution in [3.8, 4) is 0 Å². The summed E-state index contributed by atoms with van der Waals surface area (Å²) in [5.41, 5.74) is 2.91. The molecule has 0 aliphatic carbocycles. The van der Waals surface area contributed by atoms with Gasteiger partial charge in [-0.3, -0.25) is 9.74 Å². The molecule has 2 saturated heterocycles. The Bertz CT molecular complexity index is 95.2. The minimum Gasteiger partial charge on any atom is -0.283 e. The lowest BCUT2D eigenvalue weighted by Crippen LogP contribution is -2.45. The van der Waals surface area contributed by atoms with Gasteiger partial charge in [-0.15, -0.1) is 0 Å². The van der Waals surface area contributed by atoms with Crippen LogP contribution in [0.1, 0.15) is 12.8 Å². The number of hydroxylamine groups is 1. The summed E-state index contributed by atoms with van der Waals surface area (Å²) in [6, 6.07) is 0. The van der Waals surface area contributed by atoms with E-state index >= 15 is 0 Å². The van der Waals surface area contributed by atoms with Gasteiger partial charge in [0.2, 0.25) is 0 Å². The summed E-state index contributed by atoms with van der Waals surface area (Å²) in [4.78, 5) is 7.66. The lowest BCUT2D eigenvalue weighted by Gasteiger charge is -2.29. The van der Waals surface area contributed by atoms with E-state index in [1.807, 2.05) is 0 Å². The van der Waals surface area contributed by atoms with Crippen LogP contribution in [0.25, 0.3) is 0 Å². The fourth-order valence-electron chi connectivity index (χ4n) is 1.53. The summed E-state index contributed by atoms with van der Waals surface area (Å²) >= 11 is 0. The number of hydrogen-bond donors (Lipinski definition) is 1. The predicted octanol–water partition coefficient (Wildman–Crippen LogP) is -0.0569. The Labute approximate surface area is 54.9 Å². The first-order chi connectivity index (χ1) is 4.47. The maximum absolute atomic E-state index is 5.28. The molecule has 0 amide bonds. The molecule has 1 N–H and O–H groups in total. The van der Waals surface area contributed by atoms with E-state index in [1.165, 1.54) is 19.4 Å². The maximum Gasteiger partial charge on any atom is 0.132 e. The van der Waals surface area contributed by atoms with Crippen LogP contribution in [0.3, 0.4) is 0 Å². The molecule has 0 radical (unpaired) electrons. The minimum absolute atomic E-state index is 0.388. The molecule has 1 unspecified atom stereocenters. The highest BCUT2D eigenvalue weighted by Gasteiger charge is 2.27. The van der Waals surface area contributed by atoms with Gasteiger partial charge < -0.3 is 0 Å². The molecular formula is C6H12N2O. The molecule has 3 nitrogen and oxygen atoms in total. The number of rotatable bonds is 0. The van der Waals surface area contributed by atoms with E-state index in [0.717, 1.165) is 13.1 Å². The first kappa shape index (κ1) is 5.65. The van der Waals surface area contributed by atoms with Crippen LogP contribution in [0.15, 0.2) is 0 Å². The zero-order valence-corrected chi connectivity index (χ0v) is 5.47. The molecular weight excluding hydrogens is 116 g/mol. The van der Waals surface area contributed by atoms with Crippen molar-refractivity contribution in [3.05, 3.63) is 0 Å². The topological polar surface area (TPSA) is 24.5 Å². The second-order valence-electron chi connectivity index (χ2n) is 2.65. The van der Waals surface area contributed by atoms with Crippen molar-refractivity contribution in [2.45, 2.75) is 19.1 Å². The average molecular weight is 128 g/mol. The van der Waals surface area contributed by atoms with Crippen LogP contribution in [0, 0.1) is 0 Å². The SMILES string of the molecule is C1CC2ONCCN2C1. The van der Waals surface area contributed by atoms with Crippen molar-refractivity contribution in [1.82, 2.24) is 10.4 Å². The largest absolute Gasteiger partial charge is 0.283 e. The van der Waals surface area contributed by atoms with E-state index in [0.29, 0.717) is 6.23 Å². The number of nitrogens with one attached hydrogen (secondary N) is 1. The number of fused-ring (bicyclic) bond motifs is 1. The number of hydrogen-bond acceptors (Lipinski definition) is 3. The minimum atomic E-state index is 0.388. The summed E-state index contributed by atoms with van der Waals surface area (Å²) in [6.07, 6.45) is 2.89. The van der Waals surface area contributed by atoms with Gasteiger partial charge in [-0.2, -0.15) is 5.48 Å². The summed E-state index contributed by atoms with van der Waals surface area (Å²) in [6.45, 7) is 3.37. The van der Waals surface area contributed by atoms with Gasteiger partial charge in [0, 0.05) is 19.6 Å². The lowest BCUT2D eigenvalue weighted by atomic mass is 10.4. The normalized spacial score (nSPS) is 36.7. The zero-order chi connectivity index (χ0) is 6.10. The Morgan fingerprint density at radius 2 is 2.44 bits per heavy atom. The van der Waals surface area contributed by atoms with E-state index in [9.17, 15) is 0 Å². The third kappa shape index (κ3) is 0.956. The molecule has 0 aromatic rings. The van der Waals surface area contributed by atoms with Gasteiger partial charge in [0.15, 0.2) is 0 Å². The fourth-order valence-corrected chi connectivity index (χ4v) is 1.53. The average Bonchev–Trinajstić information content (AvgIpc) is 2.33. The highest BCUT2D eigenvalue weighted by atomic mass is 16.7.